The fourth-order valence-corrected chi connectivity index (χ4v) is 0.722. The van der Waals surface area contributed by atoms with Crippen molar-refractivity contribution in [3.05, 3.63) is 12.2 Å². The summed E-state index contributed by atoms with van der Waals surface area (Å²) in [7, 11) is 0. The highest BCUT2D eigenvalue weighted by Crippen LogP contribution is 1.94. The Hall–Kier alpha value is -1.23. The average molecular weight is 168 g/mol. The van der Waals surface area contributed by atoms with Crippen LogP contribution in [0.5, 0.6) is 0 Å². The average Bonchev–Trinajstić information content (AvgIpc) is 2.05. The maximum Gasteiger partial charge on any atom is 0.223 e. The van der Waals surface area contributed by atoms with E-state index in [0.29, 0.717) is 19.0 Å². The van der Waals surface area contributed by atoms with Crippen molar-refractivity contribution >= 4 is 5.95 Å². The number of nitrogens with two attached hydrogens (primary N) is 1. The summed E-state index contributed by atoms with van der Waals surface area (Å²) in [5.74, 6) is 0.816. The topological polar surface area (TPSA) is 73.9 Å². The summed E-state index contributed by atoms with van der Waals surface area (Å²) in [4.78, 5) is 11.4. The van der Waals surface area contributed by atoms with E-state index in [1.807, 2.05) is 6.92 Å². The van der Waals surface area contributed by atoms with E-state index in [4.69, 9.17) is 10.5 Å². The van der Waals surface area contributed by atoms with Crippen molar-refractivity contribution in [1.82, 2.24) is 15.0 Å². The molecule has 66 valence electrons. The molecular formula is C7H12N4O. The van der Waals surface area contributed by atoms with Gasteiger partial charge in [0.05, 0.1) is 0 Å². The van der Waals surface area contributed by atoms with E-state index in [-0.39, 0.29) is 5.95 Å². The predicted octanol–water partition coefficient (Wildman–Crippen LogP) is 0.380. The maximum atomic E-state index is 5.35. The highest BCUT2D eigenvalue weighted by atomic mass is 16.5. The van der Waals surface area contributed by atoms with Crippen molar-refractivity contribution in [2.24, 2.45) is 0 Å². The first-order valence-corrected chi connectivity index (χ1v) is 3.84. The van der Waals surface area contributed by atoms with Crippen LogP contribution in [0.25, 0.3) is 0 Å². The van der Waals surface area contributed by atoms with E-state index >= 15 is 0 Å². The molecule has 1 heterocycles. The van der Waals surface area contributed by atoms with Gasteiger partial charge in [-0.15, -0.1) is 0 Å². The van der Waals surface area contributed by atoms with Crippen molar-refractivity contribution in [3.63, 3.8) is 0 Å². The first-order chi connectivity index (χ1) is 5.83. The quantitative estimate of drug-likeness (QED) is 0.658. The SMILES string of the molecule is CCCOCc1ncnc(N)n1. The molecule has 0 spiro atoms. The second-order valence-corrected chi connectivity index (χ2v) is 2.31. The molecule has 0 radical (unpaired) electrons. The van der Waals surface area contributed by atoms with E-state index in [0.717, 1.165) is 6.42 Å². The Labute approximate surface area is 71.0 Å². The number of aromatic nitrogens is 3. The van der Waals surface area contributed by atoms with Crippen LogP contribution in [-0.4, -0.2) is 21.6 Å². The molecular weight excluding hydrogens is 156 g/mol. The van der Waals surface area contributed by atoms with Crippen molar-refractivity contribution in [2.75, 3.05) is 12.3 Å². The Morgan fingerprint density at radius 1 is 1.50 bits per heavy atom. The van der Waals surface area contributed by atoms with Gasteiger partial charge >= 0.3 is 0 Å². The fraction of sp³-hybridized carbons (Fsp3) is 0.571. The summed E-state index contributed by atoms with van der Waals surface area (Å²) < 4.78 is 5.22. The van der Waals surface area contributed by atoms with Gasteiger partial charge in [-0.1, -0.05) is 6.92 Å². The Bertz CT molecular complexity index is 241. The zero-order valence-electron chi connectivity index (χ0n) is 7.03. The summed E-state index contributed by atoms with van der Waals surface area (Å²) in [5, 5.41) is 0. The number of ether oxygens (including phenoxy) is 1. The molecule has 0 aliphatic heterocycles. The van der Waals surface area contributed by atoms with Gasteiger partial charge in [0, 0.05) is 6.61 Å². The summed E-state index contributed by atoms with van der Waals surface area (Å²) in [6, 6.07) is 0. The highest BCUT2D eigenvalue weighted by molar-refractivity contribution is 5.11. The lowest BCUT2D eigenvalue weighted by Crippen LogP contribution is -2.03. The summed E-state index contributed by atoms with van der Waals surface area (Å²) in [6.45, 7) is 3.16. The molecule has 0 bridgehead atoms. The van der Waals surface area contributed by atoms with Crippen LogP contribution >= 0.6 is 0 Å². The molecule has 0 unspecified atom stereocenters. The third-order valence-corrected chi connectivity index (χ3v) is 1.22. The molecule has 1 aromatic heterocycles. The van der Waals surface area contributed by atoms with Crippen LogP contribution < -0.4 is 5.73 Å². The molecule has 0 aliphatic rings. The summed E-state index contributed by atoms with van der Waals surface area (Å²) in [6.07, 6.45) is 2.37. The number of hydrogen-bond donors (Lipinski definition) is 1. The lowest BCUT2D eigenvalue weighted by Gasteiger charge is -2.00. The van der Waals surface area contributed by atoms with Crippen LogP contribution in [0, 0.1) is 0 Å². The highest BCUT2D eigenvalue weighted by Gasteiger charge is 1.96. The van der Waals surface area contributed by atoms with Gasteiger partial charge in [0.15, 0.2) is 5.82 Å². The van der Waals surface area contributed by atoms with Gasteiger partial charge in [-0.05, 0) is 6.42 Å². The Kier molecular flexibility index (Phi) is 3.40. The van der Waals surface area contributed by atoms with Gasteiger partial charge in [0.1, 0.15) is 12.9 Å². The number of nitrogen functional groups attached to an aromatic ring is 1. The van der Waals surface area contributed by atoms with Crippen LogP contribution in [0.4, 0.5) is 5.95 Å². The zero-order chi connectivity index (χ0) is 8.81. The van der Waals surface area contributed by atoms with E-state index in [9.17, 15) is 0 Å². The molecule has 0 saturated heterocycles. The maximum absolute atomic E-state index is 5.35. The normalized spacial score (nSPS) is 10.1. The third-order valence-electron chi connectivity index (χ3n) is 1.22. The van der Waals surface area contributed by atoms with Gasteiger partial charge in [-0.25, -0.2) is 9.97 Å². The Morgan fingerprint density at radius 3 is 3.00 bits per heavy atom. The molecule has 1 aromatic rings. The van der Waals surface area contributed by atoms with Crippen molar-refractivity contribution in [1.29, 1.82) is 0 Å². The lowest BCUT2D eigenvalue weighted by molar-refractivity contribution is 0.116. The molecule has 5 heteroatoms. The second-order valence-electron chi connectivity index (χ2n) is 2.31. The first-order valence-electron chi connectivity index (χ1n) is 3.84. The van der Waals surface area contributed by atoms with Crippen molar-refractivity contribution in [3.8, 4) is 0 Å². The Morgan fingerprint density at radius 2 is 2.33 bits per heavy atom. The molecule has 1 rings (SSSR count). The molecule has 5 nitrogen and oxygen atoms in total. The largest absolute Gasteiger partial charge is 0.373 e. The second kappa shape index (κ2) is 4.61. The standard InChI is InChI=1S/C7H12N4O/c1-2-3-12-4-6-9-5-10-7(8)11-6/h5H,2-4H2,1H3,(H2,8,9,10,11). The fourth-order valence-electron chi connectivity index (χ4n) is 0.722. The van der Waals surface area contributed by atoms with Gasteiger partial charge < -0.3 is 10.5 Å². The molecule has 12 heavy (non-hydrogen) atoms. The van der Waals surface area contributed by atoms with Crippen molar-refractivity contribution in [2.45, 2.75) is 20.0 Å². The lowest BCUT2D eigenvalue weighted by atomic mass is 10.5. The van der Waals surface area contributed by atoms with Gasteiger partial charge in [0.25, 0.3) is 0 Å². The summed E-state index contributed by atoms with van der Waals surface area (Å²) in [5.41, 5.74) is 5.35. The van der Waals surface area contributed by atoms with Crippen LogP contribution in [-0.2, 0) is 11.3 Å². The minimum absolute atomic E-state index is 0.236. The Balaban J connectivity index is 2.41. The number of rotatable bonds is 4. The van der Waals surface area contributed by atoms with Gasteiger partial charge in [-0.3, -0.25) is 0 Å². The predicted molar refractivity (Wildman–Crippen MR) is 44.2 cm³/mol. The third kappa shape index (κ3) is 2.79. The van der Waals surface area contributed by atoms with Crippen LogP contribution in [0.15, 0.2) is 6.33 Å². The van der Waals surface area contributed by atoms with Gasteiger partial charge in [0.2, 0.25) is 5.95 Å². The first kappa shape index (κ1) is 8.86. The van der Waals surface area contributed by atoms with E-state index < -0.39 is 0 Å². The van der Waals surface area contributed by atoms with Gasteiger partial charge in [-0.2, -0.15) is 4.98 Å². The summed E-state index contributed by atoms with van der Waals surface area (Å²) >= 11 is 0. The zero-order valence-corrected chi connectivity index (χ0v) is 7.03. The van der Waals surface area contributed by atoms with E-state index in [1.54, 1.807) is 0 Å². The van der Waals surface area contributed by atoms with E-state index in [1.165, 1.54) is 6.33 Å². The number of anilines is 1. The molecule has 0 saturated carbocycles. The van der Waals surface area contributed by atoms with Crippen LogP contribution in [0.1, 0.15) is 19.2 Å². The molecule has 0 atom stereocenters. The molecule has 0 aromatic carbocycles. The number of hydrogen-bond acceptors (Lipinski definition) is 5. The molecule has 2 N–H and O–H groups in total. The van der Waals surface area contributed by atoms with Crippen LogP contribution in [0.3, 0.4) is 0 Å². The molecule has 0 aliphatic carbocycles. The minimum Gasteiger partial charge on any atom is -0.373 e. The smallest absolute Gasteiger partial charge is 0.223 e. The molecule has 0 amide bonds. The molecule has 0 fully saturated rings. The minimum atomic E-state index is 0.236. The van der Waals surface area contributed by atoms with Crippen molar-refractivity contribution < 1.29 is 4.74 Å². The number of nitrogens with zero attached hydrogens (tertiary/aromatic N) is 3. The van der Waals surface area contributed by atoms with Crippen LogP contribution in [0.2, 0.25) is 0 Å². The van der Waals surface area contributed by atoms with E-state index in [2.05, 4.69) is 15.0 Å². The monoisotopic (exact) mass is 168 g/mol.